The first kappa shape index (κ1) is 12.8. The van der Waals surface area contributed by atoms with Crippen LogP contribution in [0.5, 0.6) is 0 Å². The lowest BCUT2D eigenvalue weighted by molar-refractivity contribution is -0.196. The van der Waals surface area contributed by atoms with E-state index in [0.717, 1.165) is 6.42 Å². The Hall–Kier alpha value is -0.250. The summed E-state index contributed by atoms with van der Waals surface area (Å²) in [5.41, 5.74) is 0. The highest BCUT2D eigenvalue weighted by molar-refractivity contribution is 4.86. The van der Waals surface area contributed by atoms with Gasteiger partial charge in [0.2, 0.25) is 0 Å². The lowest BCUT2D eigenvalue weighted by atomic mass is 9.82. The van der Waals surface area contributed by atoms with E-state index in [1.165, 1.54) is 0 Å². The third-order valence-corrected chi connectivity index (χ3v) is 3.48. The van der Waals surface area contributed by atoms with Gasteiger partial charge in [-0.25, -0.2) is 0 Å². The van der Waals surface area contributed by atoms with Gasteiger partial charge in [-0.2, -0.15) is 13.2 Å². The SMILES string of the molecule is CCN1CCC(C(C)C)CC1C(F)(F)F. The van der Waals surface area contributed by atoms with Gasteiger partial charge in [-0.3, -0.25) is 4.90 Å². The molecular formula is C11H20F3N. The highest BCUT2D eigenvalue weighted by Gasteiger charge is 2.46. The second-order valence-electron chi connectivity index (χ2n) is 4.71. The molecule has 0 bridgehead atoms. The van der Waals surface area contributed by atoms with Crippen LogP contribution in [0.15, 0.2) is 0 Å². The number of nitrogens with zero attached hydrogens (tertiary/aromatic N) is 1. The number of piperidine rings is 1. The van der Waals surface area contributed by atoms with Gasteiger partial charge in [0.25, 0.3) is 0 Å². The first-order valence-corrected chi connectivity index (χ1v) is 5.67. The maximum Gasteiger partial charge on any atom is 0.404 e. The molecule has 0 saturated carbocycles. The van der Waals surface area contributed by atoms with Crippen molar-refractivity contribution in [2.24, 2.45) is 11.8 Å². The Bertz CT molecular complexity index is 200. The fraction of sp³-hybridized carbons (Fsp3) is 1.00. The van der Waals surface area contributed by atoms with E-state index >= 15 is 0 Å². The second-order valence-corrected chi connectivity index (χ2v) is 4.71. The van der Waals surface area contributed by atoms with E-state index in [2.05, 4.69) is 0 Å². The molecule has 1 aliphatic rings. The Kier molecular flexibility index (Phi) is 4.04. The Morgan fingerprint density at radius 1 is 1.33 bits per heavy atom. The van der Waals surface area contributed by atoms with E-state index in [1.807, 2.05) is 13.8 Å². The molecule has 15 heavy (non-hydrogen) atoms. The predicted octanol–water partition coefficient (Wildman–Crippen LogP) is 3.31. The van der Waals surface area contributed by atoms with Crippen LogP contribution in [0, 0.1) is 11.8 Å². The Morgan fingerprint density at radius 2 is 1.93 bits per heavy atom. The first-order chi connectivity index (χ1) is 6.86. The quantitative estimate of drug-likeness (QED) is 0.694. The van der Waals surface area contributed by atoms with Gasteiger partial charge in [0.1, 0.15) is 6.04 Å². The van der Waals surface area contributed by atoms with E-state index in [1.54, 1.807) is 11.8 Å². The Labute approximate surface area is 89.6 Å². The maximum atomic E-state index is 12.8. The van der Waals surface area contributed by atoms with Crippen LogP contribution in [0.4, 0.5) is 13.2 Å². The molecule has 0 aromatic heterocycles. The Morgan fingerprint density at radius 3 is 2.33 bits per heavy atom. The van der Waals surface area contributed by atoms with Crippen LogP contribution in [0.1, 0.15) is 33.6 Å². The average Bonchev–Trinajstić information content (AvgIpc) is 2.15. The zero-order valence-electron chi connectivity index (χ0n) is 9.64. The summed E-state index contributed by atoms with van der Waals surface area (Å²) in [5, 5.41) is 0. The van der Waals surface area contributed by atoms with E-state index in [0.29, 0.717) is 19.0 Å². The maximum absolute atomic E-state index is 12.8. The molecule has 0 spiro atoms. The van der Waals surface area contributed by atoms with Crippen LogP contribution in [0.3, 0.4) is 0 Å². The molecule has 4 heteroatoms. The van der Waals surface area contributed by atoms with Gasteiger partial charge in [0.05, 0.1) is 0 Å². The molecule has 1 fully saturated rings. The predicted molar refractivity (Wildman–Crippen MR) is 54.7 cm³/mol. The molecule has 1 nitrogen and oxygen atoms in total. The van der Waals surface area contributed by atoms with Crippen molar-refractivity contribution in [1.82, 2.24) is 4.90 Å². The van der Waals surface area contributed by atoms with Gasteiger partial charge in [0, 0.05) is 0 Å². The van der Waals surface area contributed by atoms with Gasteiger partial charge < -0.3 is 0 Å². The van der Waals surface area contributed by atoms with Crippen molar-refractivity contribution in [2.75, 3.05) is 13.1 Å². The number of alkyl halides is 3. The molecule has 0 aromatic carbocycles. The second kappa shape index (κ2) is 4.73. The molecule has 0 N–H and O–H groups in total. The van der Waals surface area contributed by atoms with Crippen molar-refractivity contribution in [3.05, 3.63) is 0 Å². The largest absolute Gasteiger partial charge is 0.404 e. The van der Waals surface area contributed by atoms with Gasteiger partial charge >= 0.3 is 6.18 Å². The van der Waals surface area contributed by atoms with Crippen molar-refractivity contribution >= 4 is 0 Å². The van der Waals surface area contributed by atoms with Crippen molar-refractivity contribution in [3.63, 3.8) is 0 Å². The topological polar surface area (TPSA) is 3.24 Å². The molecule has 0 aromatic rings. The van der Waals surface area contributed by atoms with Crippen molar-refractivity contribution in [1.29, 1.82) is 0 Å². The molecule has 1 saturated heterocycles. The molecule has 0 radical (unpaired) electrons. The normalized spacial score (nSPS) is 29.8. The van der Waals surface area contributed by atoms with Crippen LogP contribution in [-0.2, 0) is 0 Å². The third-order valence-electron chi connectivity index (χ3n) is 3.48. The summed E-state index contributed by atoms with van der Waals surface area (Å²) in [6.45, 7) is 6.91. The zero-order valence-corrected chi connectivity index (χ0v) is 9.64. The molecule has 90 valence electrons. The summed E-state index contributed by atoms with van der Waals surface area (Å²) < 4.78 is 38.3. The molecule has 2 unspecified atom stereocenters. The van der Waals surface area contributed by atoms with Crippen LogP contribution in [0.25, 0.3) is 0 Å². The zero-order chi connectivity index (χ0) is 11.6. The highest BCUT2D eigenvalue weighted by atomic mass is 19.4. The minimum absolute atomic E-state index is 0.222. The van der Waals surface area contributed by atoms with Crippen LogP contribution < -0.4 is 0 Å². The summed E-state index contributed by atoms with van der Waals surface area (Å²) in [5.74, 6) is 0.577. The van der Waals surface area contributed by atoms with Crippen LogP contribution >= 0.6 is 0 Å². The minimum atomic E-state index is -4.07. The number of hydrogen-bond donors (Lipinski definition) is 0. The summed E-state index contributed by atoms with van der Waals surface area (Å²) >= 11 is 0. The fourth-order valence-corrected chi connectivity index (χ4v) is 2.37. The van der Waals surface area contributed by atoms with Crippen LogP contribution in [-0.4, -0.2) is 30.2 Å². The molecule has 1 rings (SSSR count). The Balaban J connectivity index is 2.70. The number of halogens is 3. The number of rotatable bonds is 2. The van der Waals surface area contributed by atoms with Gasteiger partial charge in [0.15, 0.2) is 0 Å². The van der Waals surface area contributed by atoms with Crippen molar-refractivity contribution in [3.8, 4) is 0 Å². The van der Waals surface area contributed by atoms with E-state index in [-0.39, 0.29) is 12.3 Å². The monoisotopic (exact) mass is 223 g/mol. The summed E-state index contributed by atoms with van der Waals surface area (Å²) in [4.78, 5) is 1.55. The van der Waals surface area contributed by atoms with Gasteiger partial charge in [-0.05, 0) is 37.8 Å². The lowest BCUT2D eigenvalue weighted by Gasteiger charge is -2.41. The van der Waals surface area contributed by atoms with Crippen LogP contribution in [0.2, 0.25) is 0 Å². The summed E-state index contributed by atoms with van der Waals surface area (Å²) in [6.07, 6.45) is -2.89. The van der Waals surface area contributed by atoms with E-state index in [4.69, 9.17) is 0 Å². The van der Waals surface area contributed by atoms with E-state index < -0.39 is 12.2 Å². The lowest BCUT2D eigenvalue weighted by Crippen LogP contribution is -2.51. The third kappa shape index (κ3) is 3.10. The molecule has 2 atom stereocenters. The molecule has 1 heterocycles. The highest BCUT2D eigenvalue weighted by Crippen LogP contribution is 2.36. The van der Waals surface area contributed by atoms with Gasteiger partial charge in [-0.1, -0.05) is 20.8 Å². The summed E-state index contributed by atoms with van der Waals surface area (Å²) in [7, 11) is 0. The molecule has 0 amide bonds. The summed E-state index contributed by atoms with van der Waals surface area (Å²) in [6, 6.07) is -1.22. The van der Waals surface area contributed by atoms with Gasteiger partial charge in [-0.15, -0.1) is 0 Å². The number of hydrogen-bond acceptors (Lipinski definition) is 1. The van der Waals surface area contributed by atoms with Crippen molar-refractivity contribution in [2.45, 2.75) is 45.8 Å². The standard InChI is InChI=1S/C11H20F3N/c1-4-15-6-5-9(8(2)3)7-10(15)11(12,13)14/h8-10H,4-7H2,1-3H3. The number of likely N-dealkylation sites (tertiary alicyclic amines) is 1. The minimum Gasteiger partial charge on any atom is -0.293 e. The fourth-order valence-electron chi connectivity index (χ4n) is 2.37. The molecule has 1 aliphatic heterocycles. The molecule has 0 aliphatic carbocycles. The van der Waals surface area contributed by atoms with E-state index in [9.17, 15) is 13.2 Å². The first-order valence-electron chi connectivity index (χ1n) is 5.67. The average molecular weight is 223 g/mol. The smallest absolute Gasteiger partial charge is 0.293 e. The molecular weight excluding hydrogens is 203 g/mol. The van der Waals surface area contributed by atoms with Crippen molar-refractivity contribution < 1.29 is 13.2 Å².